The smallest absolute Gasteiger partial charge is 0.436 e. The molecule has 0 aliphatic carbocycles. The Morgan fingerprint density at radius 2 is 1.82 bits per heavy atom. The molecule has 2 aromatic carbocycles. The van der Waals surface area contributed by atoms with Crippen molar-refractivity contribution in [3.05, 3.63) is 106 Å². The lowest BCUT2D eigenvalue weighted by Gasteiger charge is -2.15. The lowest BCUT2D eigenvalue weighted by atomic mass is 10.0. The van der Waals surface area contributed by atoms with Crippen LogP contribution in [-0.4, -0.2) is 43.7 Å². The zero-order valence-corrected chi connectivity index (χ0v) is 23.9. The third-order valence-electron chi connectivity index (χ3n) is 6.82. The number of pyridine rings is 2. The van der Waals surface area contributed by atoms with Crippen LogP contribution in [-0.2, 0) is 12.7 Å². The summed E-state index contributed by atoms with van der Waals surface area (Å²) in [6, 6.07) is 18.4. The number of hydrogen-bond acceptors (Lipinski definition) is 7. The molecule has 0 aliphatic rings. The first-order valence-corrected chi connectivity index (χ1v) is 13.4. The van der Waals surface area contributed by atoms with E-state index in [0.29, 0.717) is 34.6 Å². The van der Waals surface area contributed by atoms with Crippen molar-refractivity contribution in [2.75, 3.05) is 19.5 Å². The van der Waals surface area contributed by atoms with Crippen LogP contribution >= 0.6 is 11.6 Å². The van der Waals surface area contributed by atoms with Crippen molar-refractivity contribution in [3.8, 4) is 34.1 Å². The largest absolute Gasteiger partial charge is 0.497 e. The summed E-state index contributed by atoms with van der Waals surface area (Å²) in [4.78, 5) is 21.1. The number of halogens is 4. The number of fused-ring (bicyclic) bond motifs is 1. The van der Waals surface area contributed by atoms with Crippen LogP contribution in [0, 0.1) is 6.07 Å². The van der Waals surface area contributed by atoms with E-state index in [-0.39, 0.29) is 22.0 Å². The Labute approximate surface area is 252 Å². The molecule has 0 atom stereocenters. The number of aromatic amines is 1. The van der Waals surface area contributed by atoms with Gasteiger partial charge in [-0.25, -0.2) is 9.67 Å². The van der Waals surface area contributed by atoms with E-state index in [1.54, 1.807) is 19.4 Å². The summed E-state index contributed by atoms with van der Waals surface area (Å²) < 4.78 is 52.7. The molecule has 44 heavy (non-hydrogen) atoms. The number of alkyl halides is 3. The van der Waals surface area contributed by atoms with Gasteiger partial charge in [-0.15, -0.1) is 5.10 Å². The molecule has 10 nitrogen and oxygen atoms in total. The van der Waals surface area contributed by atoms with Crippen LogP contribution in [0.3, 0.4) is 0 Å². The van der Waals surface area contributed by atoms with Gasteiger partial charge in [0.2, 0.25) is 0 Å². The van der Waals surface area contributed by atoms with E-state index in [1.165, 1.54) is 42.1 Å². The number of nitrogens with one attached hydrogen (secondary N) is 2. The zero-order chi connectivity index (χ0) is 31.0. The van der Waals surface area contributed by atoms with Crippen LogP contribution in [0.4, 0.5) is 19.0 Å². The topological polar surface area (TPSA) is 112 Å². The molecular weight excluding hydrogens is 599 g/mol. The van der Waals surface area contributed by atoms with Crippen molar-refractivity contribution >= 4 is 28.3 Å². The lowest BCUT2D eigenvalue weighted by Crippen LogP contribution is -2.18. The van der Waals surface area contributed by atoms with E-state index < -0.39 is 17.4 Å². The van der Waals surface area contributed by atoms with Crippen molar-refractivity contribution in [1.82, 2.24) is 29.5 Å². The number of aromatic nitrogens is 6. The van der Waals surface area contributed by atoms with E-state index in [4.69, 9.17) is 21.1 Å². The average Bonchev–Trinajstić information content (AvgIpc) is 3.69. The summed E-state index contributed by atoms with van der Waals surface area (Å²) in [7, 11) is 3.02. The van der Waals surface area contributed by atoms with Gasteiger partial charge in [0.15, 0.2) is 11.5 Å². The second-order valence-corrected chi connectivity index (χ2v) is 9.99. The molecule has 0 amide bonds. The highest BCUT2D eigenvalue weighted by Crippen LogP contribution is 2.36. The Morgan fingerprint density at radius 3 is 2.52 bits per heavy atom. The average molecular weight is 621 g/mol. The molecule has 14 heteroatoms. The van der Waals surface area contributed by atoms with Gasteiger partial charge in [-0.1, -0.05) is 28.9 Å². The van der Waals surface area contributed by atoms with Gasteiger partial charge in [0.25, 0.3) is 5.56 Å². The first kappa shape index (κ1) is 28.8. The van der Waals surface area contributed by atoms with Gasteiger partial charge in [-0.05, 0) is 42.0 Å². The monoisotopic (exact) mass is 620 g/mol. The standard InChI is InChI=1S/C30H22ClF3N7O3/c1-43-20-6-3-17(4-7-20)14-36-29-28-18(9-10-35-29)11-26(37-28)40-15-24(44-2)22(13-27(40)42)21-12-19(31)5-8-23(21)41-16-25(38-39-41)30(32,33)34/h3-10,12-13,15-16,37H,14H2,1-2H3,(H,35,36). The summed E-state index contributed by atoms with van der Waals surface area (Å²) in [5, 5.41) is 11.1. The van der Waals surface area contributed by atoms with E-state index in [2.05, 4.69) is 31.7 Å². The van der Waals surface area contributed by atoms with E-state index in [9.17, 15) is 18.0 Å². The third-order valence-corrected chi connectivity index (χ3v) is 7.06. The number of hydrogen-bond donors (Lipinski definition) is 2. The van der Waals surface area contributed by atoms with Crippen LogP contribution in [0.1, 0.15) is 11.3 Å². The Morgan fingerprint density at radius 1 is 1.02 bits per heavy atom. The zero-order valence-electron chi connectivity index (χ0n) is 23.1. The maximum atomic E-state index is 13.5. The minimum Gasteiger partial charge on any atom is -0.497 e. The summed E-state index contributed by atoms with van der Waals surface area (Å²) in [6.45, 7) is 0.491. The van der Waals surface area contributed by atoms with E-state index in [1.807, 2.05) is 24.3 Å². The van der Waals surface area contributed by atoms with E-state index in [0.717, 1.165) is 22.2 Å². The first-order chi connectivity index (χ1) is 21.1. The molecule has 0 unspecified atom stereocenters. The van der Waals surface area contributed by atoms with Crippen molar-refractivity contribution in [1.29, 1.82) is 0 Å². The van der Waals surface area contributed by atoms with Crippen LogP contribution in [0.5, 0.6) is 11.5 Å². The number of H-pyrrole nitrogens is 1. The van der Waals surface area contributed by atoms with Crippen molar-refractivity contribution in [3.63, 3.8) is 0 Å². The molecule has 1 radical (unpaired) electrons. The predicted molar refractivity (Wildman–Crippen MR) is 158 cm³/mol. The fourth-order valence-electron chi connectivity index (χ4n) is 4.65. The van der Waals surface area contributed by atoms with Gasteiger partial charge in [-0.3, -0.25) is 9.36 Å². The summed E-state index contributed by atoms with van der Waals surface area (Å²) in [5.41, 5.74) is 0.825. The maximum absolute atomic E-state index is 13.5. The Balaban J connectivity index is 1.37. The van der Waals surface area contributed by atoms with Crippen LogP contribution in [0.25, 0.3) is 33.5 Å². The molecule has 0 spiro atoms. The second kappa shape index (κ2) is 11.4. The normalized spacial score (nSPS) is 11.6. The molecule has 4 heterocycles. The molecule has 6 rings (SSSR count). The Kier molecular flexibility index (Phi) is 7.47. The molecule has 4 aromatic heterocycles. The van der Waals surface area contributed by atoms with Gasteiger partial charge < -0.3 is 19.8 Å². The molecule has 0 saturated carbocycles. The number of anilines is 1. The number of nitrogens with zero attached hydrogens (tertiary/aromatic N) is 5. The Hall–Kier alpha value is -5.30. The predicted octanol–water partition coefficient (Wildman–Crippen LogP) is 6.06. The molecule has 0 saturated heterocycles. The molecule has 0 aliphatic heterocycles. The van der Waals surface area contributed by atoms with Crippen LogP contribution in [0.15, 0.2) is 78.0 Å². The molecule has 0 fully saturated rings. The molecule has 0 bridgehead atoms. The highest BCUT2D eigenvalue weighted by molar-refractivity contribution is 6.31. The SMILES string of the molecule is COc1ccc(CNc2nccc3[c]c(-n4cc(OC)c(-c5cc(Cl)ccc5-n5cc(C(F)(F)F)nn5)cc4=O)[nH]c23)cc1. The first-order valence-electron chi connectivity index (χ1n) is 13.0. The highest BCUT2D eigenvalue weighted by atomic mass is 35.5. The van der Waals surface area contributed by atoms with Crippen molar-refractivity contribution in [2.45, 2.75) is 12.7 Å². The fourth-order valence-corrected chi connectivity index (χ4v) is 4.82. The van der Waals surface area contributed by atoms with Gasteiger partial charge in [-0.2, -0.15) is 13.2 Å². The molecular formula is C30H22ClF3N7O3. The van der Waals surface area contributed by atoms with Crippen LogP contribution in [0.2, 0.25) is 5.02 Å². The number of rotatable bonds is 8. The third kappa shape index (κ3) is 5.56. The minimum atomic E-state index is -4.68. The Bertz CT molecular complexity index is 2040. The summed E-state index contributed by atoms with van der Waals surface area (Å²) >= 11 is 6.26. The number of methoxy groups -OCH3 is 2. The maximum Gasteiger partial charge on any atom is 0.436 e. The summed E-state index contributed by atoms with van der Waals surface area (Å²) in [5.74, 6) is 1.89. The minimum absolute atomic E-state index is 0.212. The van der Waals surface area contributed by atoms with Crippen LogP contribution < -0.4 is 20.3 Å². The van der Waals surface area contributed by atoms with Gasteiger partial charge >= 0.3 is 6.18 Å². The fraction of sp³-hybridized carbons (Fsp3) is 0.133. The number of benzene rings is 2. The molecule has 223 valence electrons. The van der Waals surface area contributed by atoms with Gasteiger partial charge in [0, 0.05) is 46.4 Å². The van der Waals surface area contributed by atoms with E-state index >= 15 is 0 Å². The quantitative estimate of drug-likeness (QED) is 0.213. The van der Waals surface area contributed by atoms with Crippen molar-refractivity contribution in [2.24, 2.45) is 0 Å². The van der Waals surface area contributed by atoms with Gasteiger partial charge in [0.05, 0.1) is 37.8 Å². The molecule has 6 aromatic rings. The second-order valence-electron chi connectivity index (χ2n) is 9.55. The highest BCUT2D eigenvalue weighted by Gasteiger charge is 2.35. The van der Waals surface area contributed by atoms with Gasteiger partial charge in [0.1, 0.15) is 17.3 Å². The summed E-state index contributed by atoms with van der Waals surface area (Å²) in [6.07, 6.45) is -0.827. The number of ether oxygens (including phenoxy) is 2. The lowest BCUT2D eigenvalue weighted by molar-refractivity contribution is -0.141. The molecule has 2 N–H and O–H groups in total. The van der Waals surface area contributed by atoms with Crippen molar-refractivity contribution < 1.29 is 22.6 Å².